The summed E-state index contributed by atoms with van der Waals surface area (Å²) in [5, 5.41) is 7.12. The van der Waals surface area contributed by atoms with Gasteiger partial charge in [-0.1, -0.05) is 42.5 Å². The molecule has 2 aliphatic heterocycles. The van der Waals surface area contributed by atoms with Crippen molar-refractivity contribution in [2.45, 2.75) is 24.8 Å². The molecule has 1 spiro atoms. The van der Waals surface area contributed by atoms with E-state index in [4.69, 9.17) is 0 Å². The van der Waals surface area contributed by atoms with Gasteiger partial charge >= 0.3 is 0 Å². The van der Waals surface area contributed by atoms with E-state index < -0.39 is 0 Å². The smallest absolute Gasteiger partial charge is 0.273 e. The lowest BCUT2D eigenvalue weighted by molar-refractivity contribution is 0.0623. The summed E-state index contributed by atoms with van der Waals surface area (Å²) in [6.07, 6.45) is 4.59. The van der Waals surface area contributed by atoms with Gasteiger partial charge in [-0.2, -0.15) is 0 Å². The van der Waals surface area contributed by atoms with Gasteiger partial charge in [0.1, 0.15) is 5.69 Å². The normalized spacial score (nSPS) is 18.1. The minimum absolute atomic E-state index is 0.0364. The average molecular weight is 396 g/mol. The van der Waals surface area contributed by atoms with Gasteiger partial charge in [0.25, 0.3) is 5.91 Å². The van der Waals surface area contributed by atoms with Gasteiger partial charge in [-0.05, 0) is 42.3 Å². The zero-order chi connectivity index (χ0) is 20.1. The number of benzene rings is 2. The van der Waals surface area contributed by atoms with Crippen LogP contribution in [0, 0.1) is 0 Å². The van der Waals surface area contributed by atoms with Crippen molar-refractivity contribution in [3.05, 3.63) is 77.7 Å². The molecule has 30 heavy (non-hydrogen) atoms. The number of likely N-dealkylation sites (tertiary alicyclic amines) is 1. The van der Waals surface area contributed by atoms with Crippen molar-refractivity contribution in [1.82, 2.24) is 20.2 Å². The summed E-state index contributed by atoms with van der Waals surface area (Å²) in [4.78, 5) is 23.4. The van der Waals surface area contributed by atoms with E-state index in [-0.39, 0.29) is 11.4 Å². The van der Waals surface area contributed by atoms with Crippen LogP contribution >= 0.6 is 0 Å². The fraction of sp³-hybridized carbons (Fsp3) is 0.280. The first-order chi connectivity index (χ1) is 14.8. The van der Waals surface area contributed by atoms with Gasteiger partial charge in [0.15, 0.2) is 0 Å². The van der Waals surface area contributed by atoms with E-state index in [1.165, 1.54) is 22.2 Å². The quantitative estimate of drug-likeness (QED) is 0.511. The monoisotopic (exact) mass is 396 g/mol. The Hall–Kier alpha value is -3.18. The first kappa shape index (κ1) is 17.7. The molecular formula is C25H24N4O. The number of piperidine rings is 1. The van der Waals surface area contributed by atoms with E-state index in [0.717, 1.165) is 49.7 Å². The van der Waals surface area contributed by atoms with Crippen molar-refractivity contribution in [2.24, 2.45) is 0 Å². The maximum atomic E-state index is 13.3. The molecule has 4 aromatic rings. The van der Waals surface area contributed by atoms with Gasteiger partial charge in [0.2, 0.25) is 0 Å². The Balaban J connectivity index is 1.30. The predicted molar refractivity (Wildman–Crippen MR) is 119 cm³/mol. The van der Waals surface area contributed by atoms with Crippen molar-refractivity contribution in [3.8, 4) is 0 Å². The highest BCUT2D eigenvalue weighted by molar-refractivity contribution is 6.05. The number of hydrogen-bond donors (Lipinski definition) is 2. The van der Waals surface area contributed by atoms with Gasteiger partial charge in [-0.3, -0.25) is 9.78 Å². The van der Waals surface area contributed by atoms with Crippen LogP contribution in [0.25, 0.3) is 21.7 Å². The molecule has 0 unspecified atom stereocenters. The molecule has 0 aliphatic carbocycles. The van der Waals surface area contributed by atoms with Crippen molar-refractivity contribution in [1.29, 1.82) is 0 Å². The van der Waals surface area contributed by atoms with Crippen LogP contribution in [0.1, 0.15) is 34.6 Å². The highest BCUT2D eigenvalue weighted by Crippen LogP contribution is 2.40. The molecule has 0 bridgehead atoms. The Kier molecular flexibility index (Phi) is 3.93. The molecule has 5 nitrogen and oxygen atoms in total. The molecule has 4 heterocycles. The van der Waals surface area contributed by atoms with E-state index in [1.807, 2.05) is 35.2 Å². The number of carbonyl (C=O) groups excluding carboxylic acids is 1. The molecule has 5 heteroatoms. The van der Waals surface area contributed by atoms with Crippen LogP contribution in [0.2, 0.25) is 0 Å². The maximum absolute atomic E-state index is 13.3. The number of aromatic amines is 1. The lowest BCUT2D eigenvalue weighted by Gasteiger charge is -2.44. The second-order valence-electron chi connectivity index (χ2n) is 8.46. The SMILES string of the molecule is O=C(c1nccc2ccccc12)N1CCC2(CC1)NCCc1c2[nH]c2ccccc12. The van der Waals surface area contributed by atoms with E-state index >= 15 is 0 Å². The third-order valence-electron chi connectivity index (χ3n) is 6.91. The van der Waals surface area contributed by atoms with Gasteiger partial charge in [0.05, 0.1) is 5.54 Å². The number of aromatic nitrogens is 2. The molecule has 2 aromatic heterocycles. The summed E-state index contributed by atoms with van der Waals surface area (Å²) in [7, 11) is 0. The largest absolute Gasteiger partial charge is 0.357 e. The summed E-state index contributed by atoms with van der Waals surface area (Å²) in [6.45, 7) is 2.44. The van der Waals surface area contributed by atoms with Crippen LogP contribution in [-0.4, -0.2) is 40.4 Å². The number of pyridine rings is 1. The minimum atomic E-state index is -0.0738. The van der Waals surface area contributed by atoms with Crippen molar-refractivity contribution in [3.63, 3.8) is 0 Å². The zero-order valence-corrected chi connectivity index (χ0v) is 16.8. The van der Waals surface area contributed by atoms with E-state index in [1.54, 1.807) is 6.20 Å². The van der Waals surface area contributed by atoms with Crippen LogP contribution in [0.5, 0.6) is 0 Å². The average Bonchev–Trinajstić information content (AvgIpc) is 3.19. The summed E-state index contributed by atoms with van der Waals surface area (Å²) in [5.74, 6) is 0.0364. The third kappa shape index (κ3) is 2.58. The number of H-pyrrole nitrogens is 1. The Morgan fingerprint density at radius 1 is 0.967 bits per heavy atom. The number of nitrogens with zero attached hydrogens (tertiary/aromatic N) is 2. The molecule has 0 saturated carbocycles. The van der Waals surface area contributed by atoms with Crippen LogP contribution in [0.4, 0.5) is 0 Å². The molecule has 1 amide bonds. The first-order valence-electron chi connectivity index (χ1n) is 10.7. The number of nitrogens with one attached hydrogen (secondary N) is 2. The van der Waals surface area contributed by atoms with Crippen molar-refractivity contribution in [2.75, 3.05) is 19.6 Å². The fourth-order valence-electron chi connectivity index (χ4n) is 5.34. The number of amides is 1. The third-order valence-corrected chi connectivity index (χ3v) is 6.91. The summed E-state index contributed by atoms with van der Waals surface area (Å²) < 4.78 is 0. The molecule has 2 aliphatic rings. The predicted octanol–water partition coefficient (Wildman–Crippen LogP) is 3.99. The van der Waals surface area contributed by atoms with Crippen LogP contribution in [0.15, 0.2) is 60.8 Å². The van der Waals surface area contributed by atoms with Gasteiger partial charge in [-0.15, -0.1) is 0 Å². The standard InChI is InChI=1S/C25H24N4O/c30-24(22-18-6-2-1-5-17(18)9-13-26-22)29-15-11-25(12-16-29)23-20(10-14-27-25)19-7-3-4-8-21(19)28-23/h1-9,13,27-28H,10-12,14-16H2. The minimum Gasteiger partial charge on any atom is -0.357 e. The van der Waals surface area contributed by atoms with Crippen LogP contribution < -0.4 is 5.32 Å². The Labute approximate surface area is 175 Å². The lowest BCUT2D eigenvalue weighted by Crippen LogP contribution is -2.55. The van der Waals surface area contributed by atoms with Gasteiger partial charge in [-0.25, -0.2) is 0 Å². The molecule has 1 fully saturated rings. The number of para-hydroxylation sites is 1. The topological polar surface area (TPSA) is 61.0 Å². The van der Waals surface area contributed by atoms with Crippen LogP contribution in [0.3, 0.4) is 0 Å². The number of fused-ring (bicyclic) bond motifs is 5. The molecule has 150 valence electrons. The van der Waals surface area contributed by atoms with Crippen molar-refractivity contribution >= 4 is 27.6 Å². The molecule has 0 atom stereocenters. The molecular weight excluding hydrogens is 372 g/mol. The zero-order valence-electron chi connectivity index (χ0n) is 16.8. The van der Waals surface area contributed by atoms with Crippen LogP contribution in [-0.2, 0) is 12.0 Å². The summed E-state index contributed by atoms with van der Waals surface area (Å²) in [5.41, 5.74) is 4.47. The summed E-state index contributed by atoms with van der Waals surface area (Å²) in [6, 6.07) is 18.5. The van der Waals surface area contributed by atoms with E-state index in [2.05, 4.69) is 39.6 Å². The summed E-state index contributed by atoms with van der Waals surface area (Å²) >= 11 is 0. The van der Waals surface area contributed by atoms with E-state index in [0.29, 0.717) is 5.69 Å². The number of carbonyl (C=O) groups is 1. The Morgan fingerprint density at radius 3 is 2.60 bits per heavy atom. The molecule has 1 saturated heterocycles. The Morgan fingerprint density at radius 2 is 1.73 bits per heavy atom. The van der Waals surface area contributed by atoms with Crippen molar-refractivity contribution < 1.29 is 4.79 Å². The fourth-order valence-corrected chi connectivity index (χ4v) is 5.34. The Bertz CT molecular complexity index is 1260. The second-order valence-corrected chi connectivity index (χ2v) is 8.46. The highest BCUT2D eigenvalue weighted by atomic mass is 16.2. The maximum Gasteiger partial charge on any atom is 0.273 e. The molecule has 2 aromatic carbocycles. The van der Waals surface area contributed by atoms with E-state index in [9.17, 15) is 4.79 Å². The number of rotatable bonds is 1. The first-order valence-corrected chi connectivity index (χ1v) is 10.7. The lowest BCUT2D eigenvalue weighted by atomic mass is 9.79. The second kappa shape index (κ2) is 6.67. The van der Waals surface area contributed by atoms with Gasteiger partial charge < -0.3 is 15.2 Å². The number of hydrogen-bond acceptors (Lipinski definition) is 3. The molecule has 0 radical (unpaired) electrons. The molecule has 2 N–H and O–H groups in total. The molecule has 6 rings (SSSR count). The highest BCUT2D eigenvalue weighted by Gasteiger charge is 2.42. The van der Waals surface area contributed by atoms with Gasteiger partial charge in [0, 0.05) is 47.8 Å².